The molecule has 0 amide bonds. The van der Waals surface area contributed by atoms with Gasteiger partial charge in [-0.25, -0.2) is 9.78 Å². The molecular formula is C15H22N2O3S. The highest BCUT2D eigenvalue weighted by molar-refractivity contribution is 7.17. The molecule has 21 heavy (non-hydrogen) atoms. The second-order valence-corrected chi connectivity index (χ2v) is 6.62. The van der Waals surface area contributed by atoms with Gasteiger partial charge in [0.05, 0.1) is 6.61 Å². The summed E-state index contributed by atoms with van der Waals surface area (Å²) in [6.07, 6.45) is 2.50. The van der Waals surface area contributed by atoms with Crippen LogP contribution in [0.15, 0.2) is 0 Å². The third kappa shape index (κ3) is 3.81. The van der Waals surface area contributed by atoms with E-state index in [1.807, 2.05) is 0 Å². The maximum atomic E-state index is 12.0. The van der Waals surface area contributed by atoms with Crippen molar-refractivity contribution in [2.75, 3.05) is 18.1 Å². The van der Waals surface area contributed by atoms with Gasteiger partial charge in [0.25, 0.3) is 0 Å². The van der Waals surface area contributed by atoms with Gasteiger partial charge in [0, 0.05) is 19.5 Å². The summed E-state index contributed by atoms with van der Waals surface area (Å²) >= 11 is 1.29. The number of ether oxygens (including phenoxy) is 1. The molecule has 1 fully saturated rings. The molecule has 2 rings (SSSR count). The van der Waals surface area contributed by atoms with Crippen molar-refractivity contribution in [3.63, 3.8) is 0 Å². The van der Waals surface area contributed by atoms with Crippen LogP contribution in [0.25, 0.3) is 0 Å². The molecule has 116 valence electrons. The summed E-state index contributed by atoms with van der Waals surface area (Å²) < 4.78 is 5.00. The Hall–Kier alpha value is -1.43. The summed E-state index contributed by atoms with van der Waals surface area (Å²) in [5, 5.41) is 0.741. The number of hydrogen-bond donors (Lipinski definition) is 0. The summed E-state index contributed by atoms with van der Waals surface area (Å²) in [7, 11) is 0. The van der Waals surface area contributed by atoms with Gasteiger partial charge < -0.3 is 9.64 Å². The number of nitrogens with zero attached hydrogens (tertiary/aromatic N) is 2. The van der Waals surface area contributed by atoms with E-state index in [0.717, 1.165) is 11.7 Å². The van der Waals surface area contributed by atoms with E-state index < -0.39 is 5.97 Å². The first kappa shape index (κ1) is 15.9. The monoisotopic (exact) mass is 310 g/mol. The van der Waals surface area contributed by atoms with E-state index >= 15 is 0 Å². The lowest BCUT2D eigenvalue weighted by Crippen LogP contribution is -2.32. The van der Waals surface area contributed by atoms with Crippen LogP contribution >= 0.6 is 11.3 Å². The van der Waals surface area contributed by atoms with Gasteiger partial charge in [-0.3, -0.25) is 4.79 Å². The zero-order chi connectivity index (χ0) is 15.6. The fourth-order valence-corrected chi connectivity index (χ4v) is 3.19. The van der Waals surface area contributed by atoms with Crippen molar-refractivity contribution in [2.24, 2.45) is 5.92 Å². The van der Waals surface area contributed by atoms with Crippen molar-refractivity contribution in [1.82, 2.24) is 4.98 Å². The molecule has 1 aromatic rings. The molecule has 1 heterocycles. The highest BCUT2D eigenvalue weighted by atomic mass is 32.1. The number of carbonyl (C=O) groups excluding carboxylic acids is 2. The van der Waals surface area contributed by atoms with Gasteiger partial charge >= 0.3 is 5.97 Å². The molecule has 1 aliphatic carbocycles. The predicted molar refractivity (Wildman–Crippen MR) is 83.3 cm³/mol. The van der Waals surface area contributed by atoms with Gasteiger partial charge in [0.1, 0.15) is 4.88 Å². The SMILES string of the molecule is CCOC(=O)c1nc(N(CC2CC2)C(C)C)sc1C(C)=O. The van der Waals surface area contributed by atoms with Crippen LogP contribution < -0.4 is 4.90 Å². The molecular weight excluding hydrogens is 288 g/mol. The van der Waals surface area contributed by atoms with E-state index in [9.17, 15) is 9.59 Å². The molecule has 6 heteroatoms. The maximum Gasteiger partial charge on any atom is 0.358 e. The highest BCUT2D eigenvalue weighted by Crippen LogP contribution is 2.35. The van der Waals surface area contributed by atoms with E-state index in [-0.39, 0.29) is 24.1 Å². The summed E-state index contributed by atoms with van der Waals surface area (Å²) in [4.78, 5) is 30.7. The maximum absolute atomic E-state index is 12.0. The average molecular weight is 310 g/mol. The van der Waals surface area contributed by atoms with Gasteiger partial charge in [-0.2, -0.15) is 0 Å². The van der Waals surface area contributed by atoms with Crippen molar-refractivity contribution < 1.29 is 14.3 Å². The van der Waals surface area contributed by atoms with Crippen molar-refractivity contribution in [3.05, 3.63) is 10.6 Å². The van der Waals surface area contributed by atoms with Crippen molar-refractivity contribution in [1.29, 1.82) is 0 Å². The van der Waals surface area contributed by atoms with Gasteiger partial charge in [-0.1, -0.05) is 11.3 Å². The topological polar surface area (TPSA) is 59.5 Å². The van der Waals surface area contributed by atoms with Crippen LogP contribution in [0.3, 0.4) is 0 Å². The molecule has 0 saturated heterocycles. The van der Waals surface area contributed by atoms with Crippen molar-refractivity contribution >= 4 is 28.2 Å². The summed E-state index contributed by atoms with van der Waals surface area (Å²) in [5.74, 6) is 0.0559. The minimum atomic E-state index is -0.514. The lowest BCUT2D eigenvalue weighted by molar-refractivity contribution is 0.0517. The quantitative estimate of drug-likeness (QED) is 0.572. The van der Waals surface area contributed by atoms with Crippen LogP contribution in [0.1, 0.15) is 60.7 Å². The lowest BCUT2D eigenvalue weighted by atomic mass is 10.3. The number of Topliss-reactive ketones (excluding diaryl/α,β-unsaturated/α-hetero) is 1. The van der Waals surface area contributed by atoms with Crippen molar-refractivity contribution in [2.45, 2.75) is 46.6 Å². The van der Waals surface area contributed by atoms with Crippen LogP contribution in [-0.2, 0) is 4.74 Å². The van der Waals surface area contributed by atoms with Crippen LogP contribution in [0.5, 0.6) is 0 Å². The number of carbonyl (C=O) groups is 2. The molecule has 0 atom stereocenters. The number of rotatable bonds is 7. The Bertz CT molecular complexity index is 535. The molecule has 0 N–H and O–H groups in total. The Kier molecular flexibility index (Phi) is 4.98. The van der Waals surface area contributed by atoms with Crippen LogP contribution in [0.2, 0.25) is 0 Å². The first-order valence-corrected chi connectivity index (χ1v) is 8.21. The fraction of sp³-hybridized carbons (Fsp3) is 0.667. The second-order valence-electron chi connectivity index (χ2n) is 5.64. The minimum absolute atomic E-state index is 0.142. The Morgan fingerprint density at radius 2 is 2.10 bits per heavy atom. The van der Waals surface area contributed by atoms with Gasteiger partial charge in [-0.15, -0.1) is 0 Å². The average Bonchev–Trinajstić information content (AvgIpc) is 3.12. The van der Waals surface area contributed by atoms with Gasteiger partial charge in [0.15, 0.2) is 16.6 Å². The third-order valence-electron chi connectivity index (χ3n) is 3.43. The highest BCUT2D eigenvalue weighted by Gasteiger charge is 2.30. The Balaban J connectivity index is 2.31. The Morgan fingerprint density at radius 3 is 2.57 bits per heavy atom. The zero-order valence-electron chi connectivity index (χ0n) is 13.0. The largest absolute Gasteiger partial charge is 0.461 e. The number of aromatic nitrogens is 1. The number of hydrogen-bond acceptors (Lipinski definition) is 6. The molecule has 1 aromatic heterocycles. The standard InChI is InChI=1S/C15H22N2O3S/c1-5-20-14(19)12-13(10(4)18)21-15(16-12)17(9(2)3)8-11-6-7-11/h9,11H,5-8H2,1-4H3. The van der Waals surface area contributed by atoms with Gasteiger partial charge in [-0.05, 0) is 39.5 Å². The fourth-order valence-electron chi connectivity index (χ4n) is 2.10. The third-order valence-corrected chi connectivity index (χ3v) is 4.62. The first-order chi connectivity index (χ1) is 9.93. The normalized spacial score (nSPS) is 14.3. The predicted octanol–water partition coefficient (Wildman–Crippen LogP) is 3.15. The summed E-state index contributed by atoms with van der Waals surface area (Å²) in [6.45, 7) is 8.61. The van der Waals surface area contributed by atoms with Gasteiger partial charge in [0.2, 0.25) is 0 Å². The number of anilines is 1. The van der Waals surface area contributed by atoms with E-state index in [0.29, 0.717) is 10.8 Å². The molecule has 1 aliphatic rings. The van der Waals surface area contributed by atoms with Crippen molar-refractivity contribution in [3.8, 4) is 0 Å². The molecule has 0 bridgehead atoms. The molecule has 0 unspecified atom stereocenters. The summed E-state index contributed by atoms with van der Waals surface area (Å²) in [5.41, 5.74) is 0.158. The zero-order valence-corrected chi connectivity index (χ0v) is 13.8. The van der Waals surface area contributed by atoms with Crippen LogP contribution in [0.4, 0.5) is 5.13 Å². The minimum Gasteiger partial charge on any atom is -0.461 e. The second kappa shape index (κ2) is 6.56. The Morgan fingerprint density at radius 1 is 1.43 bits per heavy atom. The Labute approximate surface area is 129 Å². The molecule has 1 saturated carbocycles. The number of ketones is 1. The number of thiazole rings is 1. The van der Waals surface area contributed by atoms with E-state index in [1.165, 1.54) is 31.1 Å². The van der Waals surface area contributed by atoms with Crippen LogP contribution in [0, 0.1) is 5.92 Å². The van der Waals surface area contributed by atoms with Crippen LogP contribution in [-0.4, -0.2) is 35.9 Å². The van der Waals surface area contributed by atoms with E-state index in [1.54, 1.807) is 6.92 Å². The molecule has 5 nitrogen and oxygen atoms in total. The number of esters is 1. The van der Waals surface area contributed by atoms with E-state index in [2.05, 4.69) is 23.7 Å². The lowest BCUT2D eigenvalue weighted by Gasteiger charge is -2.25. The molecule has 0 aromatic carbocycles. The van der Waals surface area contributed by atoms with E-state index in [4.69, 9.17) is 4.74 Å². The summed E-state index contributed by atoms with van der Waals surface area (Å²) in [6, 6.07) is 0.284. The first-order valence-electron chi connectivity index (χ1n) is 7.39. The molecule has 0 radical (unpaired) electrons. The smallest absolute Gasteiger partial charge is 0.358 e. The molecule has 0 aliphatic heterocycles. The molecule has 0 spiro atoms.